The van der Waals surface area contributed by atoms with Crippen molar-refractivity contribution >= 4 is 29.1 Å². The summed E-state index contributed by atoms with van der Waals surface area (Å²) in [6.07, 6.45) is 0.884. The smallest absolute Gasteiger partial charge is 0.255 e. The van der Waals surface area contributed by atoms with Crippen LogP contribution in [-0.4, -0.2) is 38.2 Å². The molecule has 7 heteroatoms. The zero-order valence-corrected chi connectivity index (χ0v) is 14.6. The molecule has 23 heavy (non-hydrogen) atoms. The molecule has 0 unspecified atom stereocenters. The zero-order valence-electron chi connectivity index (χ0n) is 13.9. The maximum Gasteiger partial charge on any atom is 0.255 e. The van der Waals surface area contributed by atoms with Crippen LogP contribution in [0.25, 0.3) is 0 Å². The second-order valence-electron chi connectivity index (χ2n) is 5.24. The predicted molar refractivity (Wildman–Crippen MR) is 90.3 cm³/mol. The van der Waals surface area contributed by atoms with Crippen molar-refractivity contribution in [3.05, 3.63) is 22.7 Å². The van der Waals surface area contributed by atoms with Gasteiger partial charge in [0.2, 0.25) is 5.91 Å². The molecule has 0 radical (unpaired) electrons. The number of halogens is 1. The van der Waals surface area contributed by atoms with Gasteiger partial charge in [-0.3, -0.25) is 9.59 Å². The first kappa shape index (κ1) is 19.3. The summed E-state index contributed by atoms with van der Waals surface area (Å²) in [6, 6.07) is 3.01. The fourth-order valence-corrected chi connectivity index (χ4v) is 2.08. The van der Waals surface area contributed by atoms with Gasteiger partial charge in [0.15, 0.2) is 0 Å². The first-order valence-corrected chi connectivity index (χ1v) is 7.77. The molecule has 1 rings (SSSR count). The number of anilines is 1. The Morgan fingerprint density at radius 1 is 1.30 bits per heavy atom. The number of nitrogens with one attached hydrogen (secondary N) is 2. The second-order valence-corrected chi connectivity index (χ2v) is 5.65. The molecule has 2 N–H and O–H groups in total. The second kappa shape index (κ2) is 9.37. The minimum Gasteiger partial charge on any atom is -0.496 e. The molecule has 0 aliphatic heterocycles. The van der Waals surface area contributed by atoms with Gasteiger partial charge in [0, 0.05) is 26.1 Å². The number of hydrogen-bond donors (Lipinski definition) is 2. The van der Waals surface area contributed by atoms with Crippen LogP contribution in [0.3, 0.4) is 0 Å². The van der Waals surface area contributed by atoms with Crippen LogP contribution in [0.5, 0.6) is 5.75 Å². The van der Waals surface area contributed by atoms with Crippen LogP contribution in [0, 0.1) is 0 Å². The Morgan fingerprint density at radius 3 is 2.57 bits per heavy atom. The van der Waals surface area contributed by atoms with E-state index in [2.05, 4.69) is 10.6 Å². The number of rotatable bonds is 8. The Hall–Kier alpha value is -1.79. The monoisotopic (exact) mass is 342 g/mol. The predicted octanol–water partition coefficient (Wildman–Crippen LogP) is 2.85. The Bertz CT molecular complexity index is 561. The fraction of sp³-hybridized carbons (Fsp3) is 0.500. The summed E-state index contributed by atoms with van der Waals surface area (Å²) < 4.78 is 10.6. The molecule has 0 saturated carbocycles. The number of hydrogen-bond acceptors (Lipinski definition) is 4. The van der Waals surface area contributed by atoms with Crippen molar-refractivity contribution in [3.8, 4) is 5.75 Å². The largest absolute Gasteiger partial charge is 0.496 e. The van der Waals surface area contributed by atoms with Crippen LogP contribution < -0.4 is 15.4 Å². The van der Waals surface area contributed by atoms with Gasteiger partial charge in [0.25, 0.3) is 5.91 Å². The summed E-state index contributed by atoms with van der Waals surface area (Å²) in [5.74, 6) is -0.201. The molecule has 0 spiro atoms. The highest BCUT2D eigenvalue weighted by Crippen LogP contribution is 2.31. The third-order valence-electron chi connectivity index (χ3n) is 2.90. The van der Waals surface area contributed by atoms with E-state index in [1.165, 1.54) is 26.2 Å². The summed E-state index contributed by atoms with van der Waals surface area (Å²) in [4.78, 5) is 23.4. The van der Waals surface area contributed by atoms with E-state index in [-0.39, 0.29) is 22.9 Å². The van der Waals surface area contributed by atoms with Crippen molar-refractivity contribution in [3.63, 3.8) is 0 Å². The van der Waals surface area contributed by atoms with Crippen molar-refractivity contribution < 1.29 is 19.1 Å². The summed E-state index contributed by atoms with van der Waals surface area (Å²) in [7, 11) is 1.45. The average Bonchev–Trinajstić information content (AvgIpc) is 2.47. The van der Waals surface area contributed by atoms with Gasteiger partial charge >= 0.3 is 0 Å². The summed E-state index contributed by atoms with van der Waals surface area (Å²) in [6.45, 7) is 6.36. The van der Waals surface area contributed by atoms with Crippen molar-refractivity contribution in [1.82, 2.24) is 5.32 Å². The third-order valence-corrected chi connectivity index (χ3v) is 3.22. The number of carbonyl (C=O) groups is 2. The van der Waals surface area contributed by atoms with Gasteiger partial charge in [0.1, 0.15) is 5.75 Å². The van der Waals surface area contributed by atoms with Crippen molar-refractivity contribution in [2.45, 2.75) is 33.3 Å². The molecular formula is C16H23ClN2O4. The fourth-order valence-electron chi connectivity index (χ4n) is 1.87. The molecule has 0 aliphatic rings. The molecule has 1 aromatic rings. The van der Waals surface area contributed by atoms with Crippen molar-refractivity contribution in [2.75, 3.05) is 25.6 Å². The van der Waals surface area contributed by atoms with Crippen LogP contribution in [0.4, 0.5) is 5.69 Å². The Morgan fingerprint density at radius 2 is 2.00 bits per heavy atom. The molecule has 0 heterocycles. The quantitative estimate of drug-likeness (QED) is 0.712. The van der Waals surface area contributed by atoms with Crippen LogP contribution in [0.1, 0.15) is 37.6 Å². The van der Waals surface area contributed by atoms with E-state index in [1.807, 2.05) is 13.8 Å². The number of carbonyl (C=O) groups excluding carboxylic acids is 2. The minimum atomic E-state index is -0.289. The van der Waals surface area contributed by atoms with E-state index >= 15 is 0 Å². The van der Waals surface area contributed by atoms with Crippen molar-refractivity contribution in [1.29, 1.82) is 0 Å². The number of benzene rings is 1. The van der Waals surface area contributed by atoms with Gasteiger partial charge in [-0.15, -0.1) is 0 Å². The maximum atomic E-state index is 12.2. The maximum absolute atomic E-state index is 12.2. The van der Waals surface area contributed by atoms with Gasteiger partial charge in [-0.2, -0.15) is 0 Å². The molecule has 0 saturated heterocycles. The lowest BCUT2D eigenvalue weighted by molar-refractivity contribution is -0.114. The lowest BCUT2D eigenvalue weighted by Crippen LogP contribution is -2.26. The summed E-state index contributed by atoms with van der Waals surface area (Å²) in [5.41, 5.74) is 0.717. The lowest BCUT2D eigenvalue weighted by atomic mass is 10.1. The summed E-state index contributed by atoms with van der Waals surface area (Å²) >= 11 is 6.09. The molecule has 6 nitrogen and oxygen atoms in total. The zero-order chi connectivity index (χ0) is 17.4. The minimum absolute atomic E-state index is 0.172. The molecular weight excluding hydrogens is 320 g/mol. The highest BCUT2D eigenvalue weighted by Gasteiger charge is 2.16. The molecule has 0 aliphatic carbocycles. The van der Waals surface area contributed by atoms with E-state index in [1.54, 1.807) is 0 Å². The first-order chi connectivity index (χ1) is 10.8. The molecule has 2 amide bonds. The molecule has 1 aromatic carbocycles. The standard InChI is InChI=1S/C16H23ClN2O4/c1-10(2)23-7-5-6-18-16(21)12-8-13(17)14(19-11(3)20)9-15(12)22-4/h8-10H,5-7H2,1-4H3,(H,18,21)(H,19,20). The summed E-state index contributed by atoms with van der Waals surface area (Å²) in [5, 5.41) is 5.65. The average molecular weight is 343 g/mol. The highest BCUT2D eigenvalue weighted by atomic mass is 35.5. The molecule has 0 fully saturated rings. The van der Waals surface area contributed by atoms with E-state index in [0.717, 1.165) is 0 Å². The van der Waals surface area contributed by atoms with Crippen LogP contribution in [0.2, 0.25) is 5.02 Å². The number of ether oxygens (including phenoxy) is 2. The van der Waals surface area contributed by atoms with Gasteiger partial charge in [-0.05, 0) is 26.3 Å². The molecule has 128 valence electrons. The Kier molecular flexibility index (Phi) is 7.85. The number of amides is 2. The van der Waals surface area contributed by atoms with Crippen molar-refractivity contribution in [2.24, 2.45) is 0 Å². The van der Waals surface area contributed by atoms with Crippen LogP contribution in [0.15, 0.2) is 12.1 Å². The Balaban J connectivity index is 2.72. The van der Waals surface area contributed by atoms with E-state index in [9.17, 15) is 9.59 Å². The van der Waals surface area contributed by atoms with Crippen LogP contribution >= 0.6 is 11.6 Å². The van der Waals surface area contributed by atoms with Gasteiger partial charge < -0.3 is 20.1 Å². The normalized spacial score (nSPS) is 10.5. The van der Waals surface area contributed by atoms with E-state index in [0.29, 0.717) is 36.6 Å². The lowest BCUT2D eigenvalue weighted by Gasteiger charge is -2.13. The molecule has 0 atom stereocenters. The van der Waals surface area contributed by atoms with Crippen LogP contribution in [-0.2, 0) is 9.53 Å². The highest BCUT2D eigenvalue weighted by molar-refractivity contribution is 6.34. The number of methoxy groups -OCH3 is 1. The topological polar surface area (TPSA) is 76.7 Å². The first-order valence-electron chi connectivity index (χ1n) is 7.40. The van der Waals surface area contributed by atoms with Gasteiger partial charge in [-0.25, -0.2) is 0 Å². The Labute approximate surface area is 141 Å². The molecule has 0 bridgehead atoms. The van der Waals surface area contributed by atoms with Gasteiger partial charge in [-0.1, -0.05) is 11.6 Å². The van der Waals surface area contributed by atoms with E-state index in [4.69, 9.17) is 21.1 Å². The van der Waals surface area contributed by atoms with E-state index < -0.39 is 0 Å². The SMILES string of the molecule is COc1cc(NC(C)=O)c(Cl)cc1C(=O)NCCCOC(C)C. The third kappa shape index (κ3) is 6.46. The van der Waals surface area contributed by atoms with Gasteiger partial charge in [0.05, 0.1) is 29.5 Å². The molecule has 0 aromatic heterocycles.